The first-order valence-electron chi connectivity index (χ1n) is 6.90. The van der Waals surface area contributed by atoms with Gasteiger partial charge in [-0.25, -0.2) is 4.79 Å². The highest BCUT2D eigenvalue weighted by Crippen LogP contribution is 2.22. The predicted octanol–water partition coefficient (Wildman–Crippen LogP) is 3.13. The minimum atomic E-state index is -1.05. The summed E-state index contributed by atoms with van der Waals surface area (Å²) >= 11 is 0. The van der Waals surface area contributed by atoms with Crippen molar-refractivity contribution in [2.45, 2.75) is 60.3 Å². The molecule has 0 aromatic rings. The van der Waals surface area contributed by atoms with E-state index in [0.29, 0.717) is 6.54 Å². The number of carbonyl (C=O) groups is 2. The van der Waals surface area contributed by atoms with Crippen LogP contribution in [0.5, 0.6) is 0 Å². The second kappa shape index (κ2) is 7.97. The first kappa shape index (κ1) is 17.7. The zero-order valence-electron chi connectivity index (χ0n) is 12.8. The number of unbranched alkanes of at least 4 members (excludes halogenated alkanes) is 2. The lowest BCUT2D eigenvalue weighted by Crippen LogP contribution is -2.35. The van der Waals surface area contributed by atoms with Crippen LogP contribution >= 0.6 is 0 Å². The summed E-state index contributed by atoms with van der Waals surface area (Å²) in [6.07, 6.45) is 4.60. The van der Waals surface area contributed by atoms with Crippen LogP contribution in [0.25, 0.3) is 0 Å². The fourth-order valence-electron chi connectivity index (χ4n) is 1.72. The summed E-state index contributed by atoms with van der Waals surface area (Å²) in [4.78, 5) is 22.6. The van der Waals surface area contributed by atoms with E-state index in [1.54, 1.807) is 6.92 Å². The Morgan fingerprint density at radius 3 is 2.16 bits per heavy atom. The largest absolute Gasteiger partial charge is 0.478 e. The highest BCUT2D eigenvalue weighted by atomic mass is 16.4. The third kappa shape index (κ3) is 6.99. The van der Waals surface area contributed by atoms with Gasteiger partial charge < -0.3 is 10.4 Å². The fraction of sp³-hybridized carbons (Fsp3) is 0.733. The Labute approximate surface area is 116 Å². The molecule has 4 nitrogen and oxygen atoms in total. The number of aliphatic carboxylic acids is 1. The Morgan fingerprint density at radius 2 is 1.68 bits per heavy atom. The van der Waals surface area contributed by atoms with Crippen molar-refractivity contribution in [1.82, 2.24) is 5.32 Å². The van der Waals surface area contributed by atoms with Crippen LogP contribution < -0.4 is 5.32 Å². The summed E-state index contributed by atoms with van der Waals surface area (Å²) in [7, 11) is 0. The van der Waals surface area contributed by atoms with Crippen LogP contribution in [0.1, 0.15) is 60.3 Å². The quantitative estimate of drug-likeness (QED) is 0.525. The lowest BCUT2D eigenvalue weighted by Gasteiger charge is -2.25. The molecule has 0 rings (SSSR count). The topological polar surface area (TPSA) is 66.4 Å². The SMILES string of the molecule is CCCCCC(C)(C)CNC(=O)C(C)=C(C)C(=O)O. The van der Waals surface area contributed by atoms with Crippen LogP contribution in [0.15, 0.2) is 11.1 Å². The van der Waals surface area contributed by atoms with Gasteiger partial charge in [-0.15, -0.1) is 0 Å². The maximum Gasteiger partial charge on any atom is 0.331 e. The van der Waals surface area contributed by atoms with E-state index >= 15 is 0 Å². The van der Waals surface area contributed by atoms with E-state index < -0.39 is 5.97 Å². The predicted molar refractivity (Wildman–Crippen MR) is 76.9 cm³/mol. The van der Waals surface area contributed by atoms with Crippen molar-refractivity contribution in [2.75, 3.05) is 6.54 Å². The molecule has 0 spiro atoms. The molecule has 110 valence electrons. The summed E-state index contributed by atoms with van der Waals surface area (Å²) in [5, 5.41) is 11.7. The molecular formula is C15H27NO3. The molecular weight excluding hydrogens is 242 g/mol. The van der Waals surface area contributed by atoms with Gasteiger partial charge in [0.15, 0.2) is 0 Å². The second-order valence-electron chi connectivity index (χ2n) is 5.86. The molecule has 19 heavy (non-hydrogen) atoms. The Bertz CT molecular complexity index is 356. The van der Waals surface area contributed by atoms with Crippen molar-refractivity contribution in [3.8, 4) is 0 Å². The molecule has 0 aromatic heterocycles. The average Bonchev–Trinajstić information content (AvgIpc) is 2.34. The van der Waals surface area contributed by atoms with Crippen LogP contribution in [-0.2, 0) is 9.59 Å². The monoisotopic (exact) mass is 269 g/mol. The molecule has 0 bridgehead atoms. The lowest BCUT2D eigenvalue weighted by atomic mass is 9.87. The van der Waals surface area contributed by atoms with E-state index in [1.807, 2.05) is 0 Å². The average molecular weight is 269 g/mol. The molecule has 4 heteroatoms. The van der Waals surface area contributed by atoms with Gasteiger partial charge in [0.05, 0.1) is 0 Å². The molecule has 0 aliphatic carbocycles. The summed E-state index contributed by atoms with van der Waals surface area (Å²) in [5.74, 6) is -1.33. The number of carbonyl (C=O) groups excluding carboxylic acids is 1. The summed E-state index contributed by atoms with van der Waals surface area (Å²) in [5.41, 5.74) is 0.417. The first-order chi connectivity index (χ1) is 8.71. The zero-order valence-corrected chi connectivity index (χ0v) is 12.8. The molecule has 0 aromatic carbocycles. The van der Waals surface area contributed by atoms with Crippen molar-refractivity contribution in [2.24, 2.45) is 5.41 Å². The summed E-state index contributed by atoms with van der Waals surface area (Å²) < 4.78 is 0. The molecule has 0 unspecified atom stereocenters. The highest BCUT2D eigenvalue weighted by molar-refractivity contribution is 6.01. The van der Waals surface area contributed by atoms with E-state index in [-0.39, 0.29) is 22.5 Å². The fourth-order valence-corrected chi connectivity index (χ4v) is 1.72. The van der Waals surface area contributed by atoms with Gasteiger partial charge in [0.2, 0.25) is 5.91 Å². The molecule has 0 fully saturated rings. The van der Waals surface area contributed by atoms with Gasteiger partial charge in [-0.2, -0.15) is 0 Å². The van der Waals surface area contributed by atoms with Crippen LogP contribution in [0.4, 0.5) is 0 Å². The Hall–Kier alpha value is -1.32. The number of carboxylic acid groups (broad SMARTS) is 1. The number of rotatable bonds is 8. The van der Waals surface area contributed by atoms with Gasteiger partial charge in [0.25, 0.3) is 0 Å². The van der Waals surface area contributed by atoms with E-state index in [2.05, 4.69) is 26.1 Å². The number of carboxylic acids is 1. The van der Waals surface area contributed by atoms with Gasteiger partial charge in [-0.3, -0.25) is 4.79 Å². The Kier molecular flexibility index (Phi) is 7.42. The van der Waals surface area contributed by atoms with Crippen molar-refractivity contribution < 1.29 is 14.7 Å². The van der Waals surface area contributed by atoms with Gasteiger partial charge >= 0.3 is 5.97 Å². The molecule has 0 atom stereocenters. The standard InChI is InChI=1S/C15H27NO3/c1-6-7-8-9-15(4,5)10-16-13(17)11(2)12(3)14(18)19/h6-10H2,1-5H3,(H,16,17)(H,18,19). The van der Waals surface area contributed by atoms with Crippen molar-refractivity contribution in [1.29, 1.82) is 0 Å². The Morgan fingerprint density at radius 1 is 1.11 bits per heavy atom. The van der Waals surface area contributed by atoms with E-state index in [0.717, 1.165) is 12.8 Å². The van der Waals surface area contributed by atoms with Crippen LogP contribution in [0.2, 0.25) is 0 Å². The van der Waals surface area contributed by atoms with Gasteiger partial charge in [-0.05, 0) is 25.7 Å². The van der Waals surface area contributed by atoms with E-state index in [4.69, 9.17) is 5.11 Å². The number of hydrogen-bond acceptors (Lipinski definition) is 2. The molecule has 0 heterocycles. The van der Waals surface area contributed by atoms with Gasteiger partial charge in [0, 0.05) is 17.7 Å². The summed E-state index contributed by atoms with van der Waals surface area (Å²) in [6.45, 7) is 9.96. The van der Waals surface area contributed by atoms with Crippen molar-refractivity contribution in [3.05, 3.63) is 11.1 Å². The number of hydrogen-bond donors (Lipinski definition) is 2. The number of nitrogens with one attached hydrogen (secondary N) is 1. The molecule has 0 saturated heterocycles. The first-order valence-corrected chi connectivity index (χ1v) is 6.90. The smallest absolute Gasteiger partial charge is 0.331 e. The second-order valence-corrected chi connectivity index (χ2v) is 5.86. The zero-order chi connectivity index (χ0) is 15.1. The van der Waals surface area contributed by atoms with Gasteiger partial charge in [0.1, 0.15) is 0 Å². The molecule has 1 amide bonds. The van der Waals surface area contributed by atoms with Crippen LogP contribution in [0, 0.1) is 5.41 Å². The molecule has 0 aliphatic heterocycles. The lowest BCUT2D eigenvalue weighted by molar-refractivity contribution is -0.133. The molecule has 0 radical (unpaired) electrons. The number of amides is 1. The minimum absolute atomic E-state index is 0.0439. The third-order valence-electron chi connectivity index (χ3n) is 3.41. The maximum absolute atomic E-state index is 11.8. The van der Waals surface area contributed by atoms with Gasteiger partial charge in [-0.1, -0.05) is 40.0 Å². The van der Waals surface area contributed by atoms with E-state index in [9.17, 15) is 9.59 Å². The molecule has 0 aliphatic rings. The van der Waals surface area contributed by atoms with Crippen LogP contribution in [0.3, 0.4) is 0 Å². The van der Waals surface area contributed by atoms with Crippen LogP contribution in [-0.4, -0.2) is 23.5 Å². The van der Waals surface area contributed by atoms with E-state index in [1.165, 1.54) is 19.8 Å². The summed E-state index contributed by atoms with van der Waals surface area (Å²) in [6, 6.07) is 0. The third-order valence-corrected chi connectivity index (χ3v) is 3.41. The highest BCUT2D eigenvalue weighted by Gasteiger charge is 2.19. The van der Waals surface area contributed by atoms with Crippen molar-refractivity contribution in [3.63, 3.8) is 0 Å². The maximum atomic E-state index is 11.8. The molecule has 0 saturated carbocycles. The normalized spacial score (nSPS) is 12.9. The Balaban J connectivity index is 4.36. The van der Waals surface area contributed by atoms with Crippen molar-refractivity contribution >= 4 is 11.9 Å². The molecule has 2 N–H and O–H groups in total. The minimum Gasteiger partial charge on any atom is -0.478 e.